The standard InChI is InChI=1S/C23H26N4O2/c1-17-8-10-18(11-9-17)22-24-21(29-25-22)16-27-14-12-19(13-15-27)23(28)26(2)20-6-4-3-5-7-20/h3-11,19H,12-16H2,1-2H3. The summed E-state index contributed by atoms with van der Waals surface area (Å²) >= 11 is 0. The molecule has 0 bridgehead atoms. The van der Waals surface area contributed by atoms with Gasteiger partial charge in [0.1, 0.15) is 0 Å². The van der Waals surface area contributed by atoms with Gasteiger partial charge in [-0.1, -0.05) is 53.2 Å². The second-order valence-corrected chi connectivity index (χ2v) is 7.66. The maximum Gasteiger partial charge on any atom is 0.241 e. The number of rotatable bonds is 5. The minimum absolute atomic E-state index is 0.0576. The van der Waals surface area contributed by atoms with Gasteiger partial charge in [0.25, 0.3) is 0 Å². The molecule has 1 saturated heterocycles. The molecule has 150 valence electrons. The SMILES string of the molecule is Cc1ccc(-c2noc(CN3CCC(C(=O)N(C)c4ccccc4)CC3)n2)cc1. The molecule has 0 N–H and O–H groups in total. The van der Waals surface area contributed by atoms with E-state index in [4.69, 9.17) is 4.52 Å². The fourth-order valence-electron chi connectivity index (χ4n) is 3.72. The maximum atomic E-state index is 12.8. The van der Waals surface area contributed by atoms with E-state index in [0.717, 1.165) is 37.2 Å². The van der Waals surface area contributed by atoms with E-state index in [1.54, 1.807) is 4.90 Å². The first-order valence-corrected chi connectivity index (χ1v) is 10.0. The van der Waals surface area contributed by atoms with Crippen LogP contribution in [0.15, 0.2) is 59.1 Å². The molecule has 2 heterocycles. The van der Waals surface area contributed by atoms with Crippen molar-refractivity contribution in [3.8, 4) is 11.4 Å². The molecule has 6 heteroatoms. The number of amides is 1. The van der Waals surface area contributed by atoms with Crippen molar-refractivity contribution >= 4 is 11.6 Å². The van der Waals surface area contributed by atoms with Gasteiger partial charge in [0.2, 0.25) is 17.6 Å². The third kappa shape index (κ3) is 4.54. The number of aromatic nitrogens is 2. The van der Waals surface area contributed by atoms with Gasteiger partial charge in [-0.3, -0.25) is 9.69 Å². The molecule has 1 aliphatic heterocycles. The lowest BCUT2D eigenvalue weighted by Gasteiger charge is -2.32. The molecule has 0 saturated carbocycles. The number of benzene rings is 2. The molecule has 0 spiro atoms. The van der Waals surface area contributed by atoms with E-state index in [1.165, 1.54) is 5.56 Å². The number of aryl methyl sites for hydroxylation is 1. The number of piperidine rings is 1. The van der Waals surface area contributed by atoms with Crippen LogP contribution in [-0.2, 0) is 11.3 Å². The Morgan fingerprint density at radius 3 is 2.48 bits per heavy atom. The Balaban J connectivity index is 1.31. The van der Waals surface area contributed by atoms with Crippen molar-refractivity contribution < 1.29 is 9.32 Å². The van der Waals surface area contributed by atoms with Crippen LogP contribution < -0.4 is 4.90 Å². The monoisotopic (exact) mass is 390 g/mol. The molecule has 2 aromatic carbocycles. The number of para-hydroxylation sites is 1. The minimum atomic E-state index is 0.0576. The van der Waals surface area contributed by atoms with Crippen LogP contribution in [0, 0.1) is 12.8 Å². The Morgan fingerprint density at radius 2 is 1.79 bits per heavy atom. The lowest BCUT2D eigenvalue weighted by molar-refractivity contribution is -0.123. The van der Waals surface area contributed by atoms with Crippen molar-refractivity contribution in [2.45, 2.75) is 26.3 Å². The van der Waals surface area contributed by atoms with Gasteiger partial charge in [0.05, 0.1) is 6.54 Å². The third-order valence-electron chi connectivity index (χ3n) is 5.55. The van der Waals surface area contributed by atoms with Gasteiger partial charge in [0.15, 0.2) is 0 Å². The van der Waals surface area contributed by atoms with E-state index in [-0.39, 0.29) is 11.8 Å². The van der Waals surface area contributed by atoms with Crippen molar-refractivity contribution in [3.05, 3.63) is 66.1 Å². The van der Waals surface area contributed by atoms with Gasteiger partial charge < -0.3 is 9.42 Å². The highest BCUT2D eigenvalue weighted by Gasteiger charge is 2.28. The van der Waals surface area contributed by atoms with Gasteiger partial charge >= 0.3 is 0 Å². The number of carbonyl (C=O) groups excluding carboxylic acids is 1. The molecule has 29 heavy (non-hydrogen) atoms. The number of hydrogen-bond donors (Lipinski definition) is 0. The second-order valence-electron chi connectivity index (χ2n) is 7.66. The summed E-state index contributed by atoms with van der Waals surface area (Å²) in [6.45, 7) is 4.37. The van der Waals surface area contributed by atoms with Crippen LogP contribution in [-0.4, -0.2) is 41.1 Å². The number of likely N-dealkylation sites (tertiary alicyclic amines) is 1. The topological polar surface area (TPSA) is 62.5 Å². The van der Waals surface area contributed by atoms with Crippen molar-refractivity contribution in [3.63, 3.8) is 0 Å². The summed E-state index contributed by atoms with van der Waals surface area (Å²) in [6.07, 6.45) is 1.68. The molecule has 3 aromatic rings. The van der Waals surface area contributed by atoms with Crippen LogP contribution in [0.3, 0.4) is 0 Å². The van der Waals surface area contributed by atoms with Crippen LogP contribution in [0.4, 0.5) is 5.69 Å². The van der Waals surface area contributed by atoms with Crippen molar-refractivity contribution in [2.75, 3.05) is 25.0 Å². The van der Waals surface area contributed by atoms with E-state index < -0.39 is 0 Å². The number of hydrogen-bond acceptors (Lipinski definition) is 5. The molecule has 0 radical (unpaired) electrons. The predicted octanol–water partition coefficient (Wildman–Crippen LogP) is 3.92. The van der Waals surface area contributed by atoms with Crippen LogP contribution >= 0.6 is 0 Å². The molecule has 6 nitrogen and oxygen atoms in total. The molecular weight excluding hydrogens is 364 g/mol. The predicted molar refractivity (Wildman–Crippen MR) is 112 cm³/mol. The summed E-state index contributed by atoms with van der Waals surface area (Å²) < 4.78 is 5.44. The number of anilines is 1. The average Bonchev–Trinajstić information content (AvgIpc) is 3.23. The zero-order chi connectivity index (χ0) is 20.2. The summed E-state index contributed by atoms with van der Waals surface area (Å²) in [5.74, 6) is 1.49. The highest BCUT2D eigenvalue weighted by atomic mass is 16.5. The lowest BCUT2D eigenvalue weighted by Crippen LogP contribution is -2.41. The fraction of sp³-hybridized carbons (Fsp3) is 0.348. The van der Waals surface area contributed by atoms with E-state index in [9.17, 15) is 4.79 Å². The Morgan fingerprint density at radius 1 is 1.10 bits per heavy atom. The molecule has 0 unspecified atom stereocenters. The Bertz CT molecular complexity index is 945. The van der Waals surface area contributed by atoms with Gasteiger partial charge in [-0.15, -0.1) is 0 Å². The third-order valence-corrected chi connectivity index (χ3v) is 5.55. The lowest BCUT2D eigenvalue weighted by atomic mass is 9.95. The van der Waals surface area contributed by atoms with Crippen LogP contribution in [0.5, 0.6) is 0 Å². The summed E-state index contributed by atoms with van der Waals surface area (Å²) in [6, 6.07) is 17.9. The number of carbonyl (C=O) groups is 1. The molecule has 1 fully saturated rings. The van der Waals surface area contributed by atoms with Gasteiger partial charge in [-0.25, -0.2) is 0 Å². The Hall–Kier alpha value is -2.99. The van der Waals surface area contributed by atoms with Gasteiger partial charge in [-0.2, -0.15) is 4.98 Å². The van der Waals surface area contributed by atoms with Gasteiger partial charge in [0, 0.05) is 24.2 Å². The van der Waals surface area contributed by atoms with Crippen molar-refractivity contribution in [1.29, 1.82) is 0 Å². The quantitative estimate of drug-likeness (QED) is 0.661. The molecule has 4 rings (SSSR count). The zero-order valence-corrected chi connectivity index (χ0v) is 16.9. The molecule has 1 aliphatic rings. The van der Waals surface area contributed by atoms with E-state index in [1.807, 2.05) is 61.6 Å². The summed E-state index contributed by atoms with van der Waals surface area (Å²) in [5.41, 5.74) is 3.10. The summed E-state index contributed by atoms with van der Waals surface area (Å²) in [7, 11) is 1.86. The zero-order valence-electron chi connectivity index (χ0n) is 16.9. The summed E-state index contributed by atoms with van der Waals surface area (Å²) in [4.78, 5) is 21.4. The van der Waals surface area contributed by atoms with E-state index in [0.29, 0.717) is 18.3 Å². The largest absolute Gasteiger partial charge is 0.338 e. The number of nitrogens with zero attached hydrogens (tertiary/aromatic N) is 4. The maximum absolute atomic E-state index is 12.8. The highest BCUT2D eigenvalue weighted by molar-refractivity contribution is 5.94. The molecule has 1 aromatic heterocycles. The Kier molecular flexibility index (Phi) is 5.71. The fourth-order valence-corrected chi connectivity index (χ4v) is 3.72. The van der Waals surface area contributed by atoms with Crippen LogP contribution in [0.25, 0.3) is 11.4 Å². The van der Waals surface area contributed by atoms with Crippen molar-refractivity contribution in [2.24, 2.45) is 5.92 Å². The van der Waals surface area contributed by atoms with Crippen LogP contribution in [0.2, 0.25) is 0 Å². The Labute approximate surface area is 171 Å². The first-order valence-electron chi connectivity index (χ1n) is 10.0. The second kappa shape index (κ2) is 8.57. The van der Waals surface area contributed by atoms with E-state index >= 15 is 0 Å². The molecule has 1 amide bonds. The first-order chi connectivity index (χ1) is 14.1. The summed E-state index contributed by atoms with van der Waals surface area (Å²) in [5, 5.41) is 4.11. The minimum Gasteiger partial charge on any atom is -0.338 e. The van der Waals surface area contributed by atoms with Crippen LogP contribution in [0.1, 0.15) is 24.3 Å². The normalized spacial score (nSPS) is 15.4. The first kappa shape index (κ1) is 19.3. The molecule has 0 atom stereocenters. The average molecular weight is 390 g/mol. The molecule has 0 aliphatic carbocycles. The van der Waals surface area contributed by atoms with Gasteiger partial charge in [-0.05, 0) is 45.0 Å². The molecular formula is C23H26N4O2. The van der Waals surface area contributed by atoms with Crippen molar-refractivity contribution in [1.82, 2.24) is 15.0 Å². The highest BCUT2D eigenvalue weighted by Crippen LogP contribution is 2.24. The van der Waals surface area contributed by atoms with E-state index in [2.05, 4.69) is 22.0 Å². The smallest absolute Gasteiger partial charge is 0.241 e.